The van der Waals surface area contributed by atoms with E-state index in [-0.39, 0.29) is 36.1 Å². The minimum atomic E-state index is -0.338. The number of rotatable bonds is 8. The highest BCUT2D eigenvalue weighted by Crippen LogP contribution is 2.24. The summed E-state index contributed by atoms with van der Waals surface area (Å²) < 4.78 is 3.41. The summed E-state index contributed by atoms with van der Waals surface area (Å²) in [6, 6.07) is 0. The van der Waals surface area contributed by atoms with Crippen LogP contribution in [-0.4, -0.2) is 71.1 Å². The van der Waals surface area contributed by atoms with E-state index in [0.29, 0.717) is 58.2 Å². The van der Waals surface area contributed by atoms with Gasteiger partial charge in [-0.15, -0.1) is 0 Å². The third-order valence-corrected chi connectivity index (χ3v) is 6.54. The van der Waals surface area contributed by atoms with Crippen LogP contribution in [0.1, 0.15) is 49.1 Å². The van der Waals surface area contributed by atoms with E-state index in [1.54, 1.807) is 11.0 Å². The summed E-state index contributed by atoms with van der Waals surface area (Å²) in [5, 5.41) is 8.64. The fraction of sp³-hybridized carbons (Fsp3) is 0.591. The van der Waals surface area contributed by atoms with Gasteiger partial charge in [0.05, 0.1) is 24.7 Å². The second-order valence-corrected chi connectivity index (χ2v) is 8.65. The highest BCUT2D eigenvalue weighted by Gasteiger charge is 2.35. The van der Waals surface area contributed by atoms with Crippen LogP contribution in [0.25, 0.3) is 0 Å². The van der Waals surface area contributed by atoms with Crippen molar-refractivity contribution in [1.82, 2.24) is 34.3 Å². The van der Waals surface area contributed by atoms with Crippen molar-refractivity contribution in [2.24, 2.45) is 5.92 Å². The Labute approximate surface area is 191 Å². The Hall–Kier alpha value is -3.37. The number of nitrogens with zero attached hydrogens (tertiary/aromatic N) is 7. The Morgan fingerprint density at radius 2 is 1.67 bits per heavy atom. The van der Waals surface area contributed by atoms with Crippen molar-refractivity contribution in [1.29, 1.82) is 0 Å². The SMILES string of the molecule is Cc1nn(CC2CCC(=O)N(CCn3cncn3)C2=O)c(C)c1CCN1C(=O)CCCC1=O. The summed E-state index contributed by atoms with van der Waals surface area (Å²) in [4.78, 5) is 56.1. The van der Waals surface area contributed by atoms with Crippen LogP contribution < -0.4 is 0 Å². The zero-order valence-electron chi connectivity index (χ0n) is 19.1. The van der Waals surface area contributed by atoms with Crippen molar-refractivity contribution in [2.45, 2.75) is 65.5 Å². The molecule has 176 valence electrons. The molecule has 2 fully saturated rings. The molecule has 0 saturated carbocycles. The largest absolute Gasteiger partial charge is 0.282 e. The zero-order chi connectivity index (χ0) is 23.5. The van der Waals surface area contributed by atoms with E-state index >= 15 is 0 Å². The zero-order valence-corrected chi connectivity index (χ0v) is 19.1. The molecule has 4 heterocycles. The Morgan fingerprint density at radius 3 is 2.36 bits per heavy atom. The molecule has 2 saturated heterocycles. The van der Waals surface area contributed by atoms with Gasteiger partial charge in [0.25, 0.3) is 0 Å². The normalized spacial score (nSPS) is 19.6. The van der Waals surface area contributed by atoms with Crippen LogP contribution in [0.5, 0.6) is 0 Å². The molecule has 4 rings (SSSR count). The van der Waals surface area contributed by atoms with Gasteiger partial charge in [0.15, 0.2) is 0 Å². The van der Waals surface area contributed by atoms with Crippen molar-refractivity contribution in [3.63, 3.8) is 0 Å². The maximum absolute atomic E-state index is 13.0. The first kappa shape index (κ1) is 22.8. The van der Waals surface area contributed by atoms with Gasteiger partial charge in [-0.2, -0.15) is 10.2 Å². The van der Waals surface area contributed by atoms with E-state index in [1.807, 2.05) is 18.5 Å². The monoisotopic (exact) mass is 455 g/mol. The number of aromatic nitrogens is 5. The van der Waals surface area contributed by atoms with E-state index < -0.39 is 0 Å². The third-order valence-electron chi connectivity index (χ3n) is 6.54. The lowest BCUT2D eigenvalue weighted by Crippen LogP contribution is -2.47. The Morgan fingerprint density at radius 1 is 0.939 bits per heavy atom. The molecule has 4 amide bonds. The van der Waals surface area contributed by atoms with Crippen LogP contribution in [0.15, 0.2) is 12.7 Å². The summed E-state index contributed by atoms with van der Waals surface area (Å²) in [7, 11) is 0. The van der Waals surface area contributed by atoms with E-state index in [2.05, 4.69) is 15.2 Å². The number of amides is 4. The average molecular weight is 456 g/mol. The molecule has 0 bridgehead atoms. The van der Waals surface area contributed by atoms with Gasteiger partial charge in [0.2, 0.25) is 23.6 Å². The Bertz CT molecular complexity index is 1040. The molecular formula is C22H29N7O4. The fourth-order valence-electron chi connectivity index (χ4n) is 4.61. The molecule has 11 nitrogen and oxygen atoms in total. The van der Waals surface area contributed by atoms with Crippen molar-refractivity contribution >= 4 is 23.6 Å². The lowest BCUT2D eigenvalue weighted by molar-refractivity contribution is -0.152. The predicted molar refractivity (Wildman–Crippen MR) is 115 cm³/mol. The van der Waals surface area contributed by atoms with Crippen LogP contribution in [-0.2, 0) is 38.7 Å². The number of hydrogen-bond acceptors (Lipinski definition) is 7. The third kappa shape index (κ3) is 4.86. The molecule has 1 unspecified atom stereocenters. The van der Waals surface area contributed by atoms with Gasteiger partial charge in [0.1, 0.15) is 12.7 Å². The van der Waals surface area contributed by atoms with E-state index in [0.717, 1.165) is 17.0 Å². The second-order valence-electron chi connectivity index (χ2n) is 8.65. The molecule has 2 aromatic rings. The molecule has 0 aliphatic carbocycles. The number of likely N-dealkylation sites (tertiary alicyclic amines) is 2. The highest BCUT2D eigenvalue weighted by atomic mass is 16.2. The summed E-state index contributed by atoms with van der Waals surface area (Å²) in [5.41, 5.74) is 2.73. The van der Waals surface area contributed by atoms with Gasteiger partial charge in [-0.3, -0.25) is 38.3 Å². The van der Waals surface area contributed by atoms with Crippen LogP contribution in [0, 0.1) is 19.8 Å². The maximum Gasteiger partial charge on any atom is 0.234 e. The van der Waals surface area contributed by atoms with Gasteiger partial charge in [-0.1, -0.05) is 0 Å². The first-order chi connectivity index (χ1) is 15.8. The summed E-state index contributed by atoms with van der Waals surface area (Å²) in [6.07, 6.45) is 5.77. The van der Waals surface area contributed by atoms with Gasteiger partial charge in [-0.25, -0.2) is 4.98 Å². The standard InChI is InChI=1S/C22H29N7O4/c1-15-18(8-9-27-19(30)4-3-5-20(27)31)16(2)29(25-15)12-17-6-7-21(32)28(22(17)33)11-10-26-14-23-13-24-26/h13-14,17H,3-12H2,1-2H3. The van der Waals surface area contributed by atoms with E-state index in [1.165, 1.54) is 16.1 Å². The highest BCUT2D eigenvalue weighted by molar-refractivity contribution is 5.99. The molecule has 0 spiro atoms. The lowest BCUT2D eigenvalue weighted by atomic mass is 9.96. The number of aryl methyl sites for hydroxylation is 1. The Kier molecular flexibility index (Phi) is 6.66. The Balaban J connectivity index is 1.41. The summed E-state index contributed by atoms with van der Waals surface area (Å²) in [6.45, 7) is 5.24. The maximum atomic E-state index is 13.0. The number of carbonyl (C=O) groups excluding carboxylic acids is 4. The quantitative estimate of drug-likeness (QED) is 0.535. The lowest BCUT2D eigenvalue weighted by Gasteiger charge is -2.30. The molecular weight excluding hydrogens is 426 g/mol. The average Bonchev–Trinajstić information content (AvgIpc) is 3.38. The van der Waals surface area contributed by atoms with Crippen molar-refractivity contribution in [2.75, 3.05) is 13.1 Å². The number of hydrogen-bond donors (Lipinski definition) is 0. The van der Waals surface area contributed by atoms with Gasteiger partial charge in [0, 0.05) is 38.0 Å². The van der Waals surface area contributed by atoms with Crippen LogP contribution in [0.3, 0.4) is 0 Å². The number of piperidine rings is 2. The molecule has 1 atom stereocenters. The molecule has 0 aromatic carbocycles. The molecule has 33 heavy (non-hydrogen) atoms. The topological polar surface area (TPSA) is 123 Å². The second kappa shape index (κ2) is 9.63. The molecule has 2 aliphatic rings. The minimum absolute atomic E-state index is 0.114. The number of carbonyl (C=O) groups is 4. The summed E-state index contributed by atoms with van der Waals surface area (Å²) >= 11 is 0. The van der Waals surface area contributed by atoms with E-state index in [9.17, 15) is 19.2 Å². The van der Waals surface area contributed by atoms with Crippen molar-refractivity contribution < 1.29 is 19.2 Å². The number of imide groups is 2. The summed E-state index contributed by atoms with van der Waals surface area (Å²) in [5.74, 6) is -0.921. The van der Waals surface area contributed by atoms with Gasteiger partial charge in [-0.05, 0) is 38.7 Å². The molecule has 2 aromatic heterocycles. The van der Waals surface area contributed by atoms with Crippen molar-refractivity contribution in [3.8, 4) is 0 Å². The van der Waals surface area contributed by atoms with Crippen LogP contribution in [0.4, 0.5) is 0 Å². The van der Waals surface area contributed by atoms with Gasteiger partial charge >= 0.3 is 0 Å². The first-order valence-electron chi connectivity index (χ1n) is 11.4. The molecule has 0 radical (unpaired) electrons. The van der Waals surface area contributed by atoms with Crippen LogP contribution >= 0.6 is 0 Å². The smallest absolute Gasteiger partial charge is 0.234 e. The van der Waals surface area contributed by atoms with Crippen LogP contribution in [0.2, 0.25) is 0 Å². The van der Waals surface area contributed by atoms with Gasteiger partial charge < -0.3 is 0 Å². The first-order valence-corrected chi connectivity index (χ1v) is 11.4. The van der Waals surface area contributed by atoms with Crippen molar-refractivity contribution in [3.05, 3.63) is 29.6 Å². The molecule has 11 heteroatoms. The molecule has 0 N–H and O–H groups in total. The fourth-order valence-corrected chi connectivity index (χ4v) is 4.61. The molecule has 2 aliphatic heterocycles. The van der Waals surface area contributed by atoms with E-state index in [4.69, 9.17) is 0 Å². The predicted octanol–water partition coefficient (Wildman–Crippen LogP) is 0.638. The minimum Gasteiger partial charge on any atom is -0.282 e.